The van der Waals surface area contributed by atoms with Crippen LogP contribution in [0.15, 0.2) is 30.5 Å². The molecule has 0 fully saturated rings. The van der Waals surface area contributed by atoms with Crippen molar-refractivity contribution in [3.63, 3.8) is 0 Å². The van der Waals surface area contributed by atoms with Crippen molar-refractivity contribution in [2.24, 2.45) is 0 Å². The van der Waals surface area contributed by atoms with Gasteiger partial charge < -0.3 is 28.2 Å². The molecule has 0 aliphatic heterocycles. The summed E-state index contributed by atoms with van der Waals surface area (Å²) < 4.78 is 0. The van der Waals surface area contributed by atoms with E-state index in [1.807, 2.05) is 24.3 Å². The highest BCUT2D eigenvalue weighted by Gasteiger charge is 1.92. The Labute approximate surface area is 97.3 Å². The van der Waals surface area contributed by atoms with E-state index in [9.17, 15) is 0 Å². The number of para-hydroxylation sites is 2. The van der Waals surface area contributed by atoms with Gasteiger partial charge in [0.15, 0.2) is 0 Å². The van der Waals surface area contributed by atoms with Crippen molar-refractivity contribution in [2.45, 2.75) is 0 Å². The molecule has 0 saturated carbocycles. The van der Waals surface area contributed by atoms with Crippen LogP contribution in [0.4, 0.5) is 10.6 Å². The minimum absolute atomic E-state index is 0. The lowest BCUT2D eigenvalue weighted by molar-refractivity contribution is 0.137. The summed E-state index contributed by atoms with van der Waals surface area (Å²) in [7, 11) is 0. The van der Waals surface area contributed by atoms with Crippen molar-refractivity contribution in [3.8, 4) is 0 Å². The zero-order valence-electron chi connectivity index (χ0n) is 9.08. The average molecular weight is 241 g/mol. The van der Waals surface area contributed by atoms with Gasteiger partial charge in [0.25, 0.3) is 0 Å². The SMILES string of the molecule is N.N.Nc1cnc2ccccc2n1.O=C(O)O. The summed E-state index contributed by atoms with van der Waals surface area (Å²) in [5, 5.41) is 13.9. The molecule has 0 radical (unpaired) electrons. The number of fused-ring (bicyclic) bond motifs is 1. The number of nitrogen functional groups attached to an aromatic ring is 1. The van der Waals surface area contributed by atoms with Gasteiger partial charge >= 0.3 is 6.16 Å². The molecule has 0 unspecified atom stereocenters. The van der Waals surface area contributed by atoms with Gasteiger partial charge in [-0.15, -0.1) is 0 Å². The van der Waals surface area contributed by atoms with Crippen LogP contribution in [-0.2, 0) is 0 Å². The van der Waals surface area contributed by atoms with Crippen LogP contribution >= 0.6 is 0 Å². The maximum Gasteiger partial charge on any atom is 0.503 e. The molecular weight excluding hydrogens is 226 g/mol. The molecule has 17 heavy (non-hydrogen) atoms. The number of nitrogens with two attached hydrogens (primary N) is 1. The van der Waals surface area contributed by atoms with Crippen molar-refractivity contribution in [1.82, 2.24) is 22.3 Å². The molecule has 0 saturated heterocycles. The number of hydrogen-bond donors (Lipinski definition) is 5. The zero-order valence-corrected chi connectivity index (χ0v) is 9.08. The first-order valence-corrected chi connectivity index (χ1v) is 3.99. The standard InChI is InChI=1S/C8H7N3.CH2O3.2H3N/c9-8-5-10-6-3-1-2-4-7(6)11-8;2-1(3)4;;/h1-5H,(H2,9,11);(H2,2,3,4);2*1H3. The van der Waals surface area contributed by atoms with Crippen LogP contribution < -0.4 is 18.0 Å². The number of carbonyl (C=O) groups is 1. The summed E-state index contributed by atoms with van der Waals surface area (Å²) in [4.78, 5) is 16.7. The number of hydrogen-bond acceptors (Lipinski definition) is 6. The highest BCUT2D eigenvalue weighted by Crippen LogP contribution is 2.08. The van der Waals surface area contributed by atoms with Gasteiger partial charge in [-0.3, -0.25) is 4.98 Å². The lowest BCUT2D eigenvalue weighted by Gasteiger charge is -1.94. The minimum atomic E-state index is -1.83. The number of rotatable bonds is 0. The Balaban J connectivity index is 0. The van der Waals surface area contributed by atoms with E-state index >= 15 is 0 Å². The molecule has 0 aliphatic carbocycles. The predicted molar refractivity (Wildman–Crippen MR) is 64.6 cm³/mol. The van der Waals surface area contributed by atoms with Crippen LogP contribution in [-0.4, -0.2) is 26.3 Å². The first-order valence-electron chi connectivity index (χ1n) is 3.99. The molecule has 1 aromatic heterocycles. The van der Waals surface area contributed by atoms with Crippen LogP contribution in [0.1, 0.15) is 0 Å². The van der Waals surface area contributed by atoms with Crippen molar-refractivity contribution in [1.29, 1.82) is 0 Å². The summed E-state index contributed by atoms with van der Waals surface area (Å²) in [5.41, 5.74) is 7.17. The van der Waals surface area contributed by atoms with Gasteiger partial charge in [0.2, 0.25) is 0 Å². The van der Waals surface area contributed by atoms with Crippen molar-refractivity contribution >= 4 is 23.0 Å². The second-order valence-electron chi connectivity index (χ2n) is 2.57. The molecule has 0 atom stereocenters. The Morgan fingerprint density at radius 1 is 1.12 bits per heavy atom. The Morgan fingerprint density at radius 3 is 2.12 bits per heavy atom. The van der Waals surface area contributed by atoms with E-state index in [0.717, 1.165) is 11.0 Å². The fraction of sp³-hybridized carbons (Fsp3) is 0. The van der Waals surface area contributed by atoms with E-state index in [2.05, 4.69) is 9.97 Å². The summed E-state index contributed by atoms with van der Waals surface area (Å²) in [6, 6.07) is 7.63. The molecule has 94 valence electrons. The Hall–Kier alpha value is -2.45. The van der Waals surface area contributed by atoms with Crippen LogP contribution in [0, 0.1) is 0 Å². The molecule has 0 spiro atoms. The summed E-state index contributed by atoms with van der Waals surface area (Å²) in [6.07, 6.45) is -0.275. The smallest absolute Gasteiger partial charge is 0.450 e. The van der Waals surface area contributed by atoms with E-state index in [-0.39, 0.29) is 12.3 Å². The highest BCUT2D eigenvalue weighted by molar-refractivity contribution is 5.74. The molecule has 8 heteroatoms. The number of anilines is 1. The van der Waals surface area contributed by atoms with E-state index in [1.54, 1.807) is 6.20 Å². The van der Waals surface area contributed by atoms with Gasteiger partial charge in [0.1, 0.15) is 5.82 Å². The molecular formula is C9H15N5O3. The topological polar surface area (TPSA) is 179 Å². The van der Waals surface area contributed by atoms with E-state index < -0.39 is 6.16 Å². The van der Waals surface area contributed by atoms with Crippen LogP contribution in [0.5, 0.6) is 0 Å². The van der Waals surface area contributed by atoms with Crippen molar-refractivity contribution in [3.05, 3.63) is 30.5 Å². The lowest BCUT2D eigenvalue weighted by Crippen LogP contribution is -1.91. The second kappa shape index (κ2) is 7.79. The molecule has 1 heterocycles. The first-order chi connectivity index (χ1) is 7.09. The van der Waals surface area contributed by atoms with Gasteiger partial charge in [-0.1, -0.05) is 12.1 Å². The summed E-state index contributed by atoms with van der Waals surface area (Å²) in [6.45, 7) is 0. The molecule has 0 bridgehead atoms. The molecule has 2 aromatic rings. The molecule has 8 nitrogen and oxygen atoms in total. The summed E-state index contributed by atoms with van der Waals surface area (Å²) >= 11 is 0. The largest absolute Gasteiger partial charge is 0.503 e. The third-order valence-corrected chi connectivity index (χ3v) is 1.47. The van der Waals surface area contributed by atoms with Gasteiger partial charge in [0.05, 0.1) is 17.2 Å². The van der Waals surface area contributed by atoms with Crippen LogP contribution in [0.3, 0.4) is 0 Å². The summed E-state index contributed by atoms with van der Waals surface area (Å²) in [5.74, 6) is 0.462. The Bertz CT molecular complexity index is 473. The Morgan fingerprint density at radius 2 is 1.59 bits per heavy atom. The number of nitrogens with zero attached hydrogens (tertiary/aromatic N) is 2. The molecule has 0 amide bonds. The first kappa shape index (κ1) is 17.0. The highest BCUT2D eigenvalue weighted by atomic mass is 16.6. The minimum Gasteiger partial charge on any atom is -0.450 e. The van der Waals surface area contributed by atoms with Gasteiger partial charge in [0, 0.05) is 0 Å². The monoisotopic (exact) mass is 241 g/mol. The van der Waals surface area contributed by atoms with Gasteiger partial charge in [-0.05, 0) is 12.1 Å². The number of benzene rings is 1. The van der Waals surface area contributed by atoms with Crippen molar-refractivity contribution in [2.75, 3.05) is 5.73 Å². The van der Waals surface area contributed by atoms with Crippen molar-refractivity contribution < 1.29 is 15.0 Å². The number of carboxylic acid groups (broad SMARTS) is 2. The van der Waals surface area contributed by atoms with E-state index in [1.165, 1.54) is 0 Å². The van der Waals surface area contributed by atoms with E-state index in [4.69, 9.17) is 20.7 Å². The normalized spacial score (nSPS) is 8.00. The fourth-order valence-corrected chi connectivity index (χ4v) is 0.972. The predicted octanol–water partition coefficient (Wildman–Crippen LogP) is 1.76. The third kappa shape index (κ3) is 5.87. The third-order valence-electron chi connectivity index (χ3n) is 1.47. The second-order valence-corrected chi connectivity index (χ2v) is 2.57. The average Bonchev–Trinajstić information content (AvgIpc) is 2.16. The van der Waals surface area contributed by atoms with Gasteiger partial charge in [-0.25, -0.2) is 9.78 Å². The number of aromatic nitrogens is 2. The lowest BCUT2D eigenvalue weighted by atomic mass is 10.3. The van der Waals surface area contributed by atoms with E-state index in [0.29, 0.717) is 5.82 Å². The Kier molecular flexibility index (Phi) is 7.77. The van der Waals surface area contributed by atoms with Gasteiger partial charge in [-0.2, -0.15) is 0 Å². The maximum atomic E-state index is 8.56. The maximum absolute atomic E-state index is 8.56. The fourth-order valence-electron chi connectivity index (χ4n) is 0.972. The molecule has 2 rings (SSSR count). The molecule has 10 N–H and O–H groups in total. The van der Waals surface area contributed by atoms with Crippen LogP contribution in [0.25, 0.3) is 11.0 Å². The quantitative estimate of drug-likeness (QED) is 0.462. The molecule has 1 aromatic carbocycles. The van der Waals surface area contributed by atoms with Crippen LogP contribution in [0.2, 0.25) is 0 Å². The zero-order chi connectivity index (χ0) is 11.3. The molecule has 0 aliphatic rings.